The highest BCUT2D eigenvalue weighted by Crippen LogP contribution is 2.42. The van der Waals surface area contributed by atoms with Crippen molar-refractivity contribution in [3.05, 3.63) is 50.6 Å². The molecule has 0 unspecified atom stereocenters. The monoisotopic (exact) mass is 435 g/mol. The van der Waals surface area contributed by atoms with E-state index in [9.17, 15) is 14.7 Å². The van der Waals surface area contributed by atoms with Gasteiger partial charge in [0.05, 0.1) is 28.3 Å². The van der Waals surface area contributed by atoms with Gasteiger partial charge in [0.1, 0.15) is 5.65 Å². The minimum absolute atomic E-state index is 0.343. The number of pyridine rings is 1. The molecule has 0 atom stereocenters. The summed E-state index contributed by atoms with van der Waals surface area (Å²) in [6.07, 6.45) is 8.34. The first-order chi connectivity index (χ1) is 13.8. The van der Waals surface area contributed by atoms with Crippen LogP contribution in [0.25, 0.3) is 11.0 Å². The van der Waals surface area contributed by atoms with Crippen LogP contribution < -0.4 is 10.7 Å². The van der Waals surface area contributed by atoms with E-state index < -0.39 is 22.6 Å². The van der Waals surface area contributed by atoms with Gasteiger partial charge in [0.25, 0.3) is 11.3 Å². The van der Waals surface area contributed by atoms with Crippen LogP contribution in [0.15, 0.2) is 29.5 Å². The van der Waals surface area contributed by atoms with E-state index in [-0.39, 0.29) is 5.69 Å². The maximum Gasteiger partial charge on any atom is 0.275 e. The highest BCUT2D eigenvalue weighted by Gasteiger charge is 2.38. The molecule has 0 bridgehead atoms. The average Bonchev–Trinajstić information content (AvgIpc) is 3.29. The second-order valence-corrected chi connectivity index (χ2v) is 8.12. The van der Waals surface area contributed by atoms with Crippen molar-refractivity contribution < 1.29 is 9.90 Å². The van der Waals surface area contributed by atoms with Gasteiger partial charge in [-0.3, -0.25) is 14.3 Å². The quantitative estimate of drug-likeness (QED) is 0.655. The molecule has 29 heavy (non-hydrogen) atoms. The summed E-state index contributed by atoms with van der Waals surface area (Å²) in [6.45, 7) is 0.343. The van der Waals surface area contributed by atoms with Crippen molar-refractivity contribution in [2.75, 3.05) is 7.05 Å². The van der Waals surface area contributed by atoms with Gasteiger partial charge >= 0.3 is 0 Å². The lowest BCUT2D eigenvalue weighted by Crippen LogP contribution is -2.37. The Hall–Kier alpha value is -2.58. The number of nitrogens with one attached hydrogen (secondary N) is 1. The third-order valence-corrected chi connectivity index (χ3v) is 5.96. The Morgan fingerprint density at radius 3 is 2.72 bits per heavy atom. The first kappa shape index (κ1) is 19.7. The van der Waals surface area contributed by atoms with Crippen molar-refractivity contribution in [3.63, 3.8) is 0 Å². The molecular weight excluding hydrogens is 417 g/mol. The smallest absolute Gasteiger partial charge is 0.275 e. The number of hydrogen-bond donors (Lipinski definition) is 2. The Labute approximate surface area is 176 Å². The maximum absolute atomic E-state index is 12.1. The zero-order valence-electron chi connectivity index (χ0n) is 15.7. The normalized spacial score (nSPS) is 15.7. The van der Waals surface area contributed by atoms with E-state index in [1.54, 1.807) is 12.3 Å². The molecule has 0 saturated heterocycles. The molecule has 1 saturated carbocycles. The van der Waals surface area contributed by atoms with Crippen LogP contribution in [0, 0.1) is 0 Å². The van der Waals surface area contributed by atoms with Crippen molar-refractivity contribution in [1.82, 2.24) is 24.6 Å². The van der Waals surface area contributed by atoms with Gasteiger partial charge in [-0.2, -0.15) is 5.10 Å². The molecule has 1 fully saturated rings. The number of aromatic hydroxyl groups is 1. The molecule has 2 N–H and O–H groups in total. The number of aromatic nitrogens is 4. The van der Waals surface area contributed by atoms with Crippen molar-refractivity contribution >= 4 is 40.1 Å². The Kier molecular flexibility index (Phi) is 5.00. The van der Waals surface area contributed by atoms with Crippen LogP contribution in [0.1, 0.15) is 36.2 Å². The molecule has 0 radical (unpaired) electrons. The van der Waals surface area contributed by atoms with E-state index in [1.165, 1.54) is 17.9 Å². The molecule has 3 heterocycles. The molecule has 10 heteroatoms. The summed E-state index contributed by atoms with van der Waals surface area (Å²) < 4.78 is 3.48. The van der Waals surface area contributed by atoms with E-state index in [0.717, 1.165) is 31.1 Å². The third kappa shape index (κ3) is 3.36. The van der Waals surface area contributed by atoms with Gasteiger partial charge in [-0.25, -0.2) is 4.98 Å². The number of amides is 1. The van der Waals surface area contributed by atoms with Crippen LogP contribution in [0.2, 0.25) is 10.0 Å². The van der Waals surface area contributed by atoms with Crippen LogP contribution in [0.3, 0.4) is 0 Å². The predicted molar refractivity (Wildman–Crippen MR) is 110 cm³/mol. The lowest BCUT2D eigenvalue weighted by atomic mass is 9.97. The average molecular weight is 436 g/mol. The van der Waals surface area contributed by atoms with Crippen LogP contribution >= 0.6 is 23.2 Å². The van der Waals surface area contributed by atoms with Crippen LogP contribution in [0.4, 0.5) is 0 Å². The van der Waals surface area contributed by atoms with E-state index in [1.807, 2.05) is 10.8 Å². The van der Waals surface area contributed by atoms with Gasteiger partial charge in [-0.15, -0.1) is 0 Å². The van der Waals surface area contributed by atoms with Gasteiger partial charge in [0.15, 0.2) is 11.4 Å². The second-order valence-electron chi connectivity index (χ2n) is 7.27. The number of carbonyl (C=O) groups is 1. The van der Waals surface area contributed by atoms with Crippen molar-refractivity contribution in [3.8, 4) is 5.75 Å². The zero-order valence-corrected chi connectivity index (χ0v) is 17.2. The molecule has 0 spiro atoms. The van der Waals surface area contributed by atoms with Crippen LogP contribution in [-0.2, 0) is 12.1 Å². The molecule has 0 aliphatic heterocycles. The largest absolute Gasteiger partial charge is 0.503 e. The SMILES string of the molecule is CNC(=O)c1nn(CC2(n3cc(Cl)c4cc(Cl)cnc43)CCCC2)cc(O)c1=O. The molecule has 1 amide bonds. The van der Waals surface area contributed by atoms with Gasteiger partial charge in [-0.1, -0.05) is 36.0 Å². The number of fused-ring (bicyclic) bond motifs is 1. The topological polar surface area (TPSA) is 102 Å². The first-order valence-electron chi connectivity index (χ1n) is 9.20. The van der Waals surface area contributed by atoms with Crippen molar-refractivity contribution in [2.24, 2.45) is 0 Å². The molecular formula is C19H19Cl2N5O3. The highest BCUT2D eigenvalue weighted by molar-refractivity contribution is 6.36. The fraction of sp³-hybridized carbons (Fsp3) is 0.368. The minimum atomic E-state index is -0.799. The summed E-state index contributed by atoms with van der Waals surface area (Å²) in [5.41, 5.74) is -0.855. The number of carbonyl (C=O) groups excluding carboxylic acids is 1. The van der Waals surface area contributed by atoms with E-state index >= 15 is 0 Å². The Morgan fingerprint density at radius 1 is 1.31 bits per heavy atom. The van der Waals surface area contributed by atoms with Crippen molar-refractivity contribution in [2.45, 2.75) is 37.8 Å². The summed E-state index contributed by atoms with van der Waals surface area (Å²) >= 11 is 12.5. The summed E-state index contributed by atoms with van der Waals surface area (Å²) in [6, 6.07) is 1.78. The molecule has 3 aromatic rings. The van der Waals surface area contributed by atoms with E-state index in [4.69, 9.17) is 23.2 Å². The molecule has 3 aromatic heterocycles. The fourth-order valence-corrected chi connectivity index (χ4v) is 4.48. The number of hydrogen-bond acceptors (Lipinski definition) is 5. The van der Waals surface area contributed by atoms with Gasteiger partial charge in [0, 0.05) is 24.8 Å². The van der Waals surface area contributed by atoms with Gasteiger partial charge in [-0.05, 0) is 18.9 Å². The molecule has 152 valence electrons. The molecule has 4 rings (SSSR count). The summed E-state index contributed by atoms with van der Waals surface area (Å²) in [5, 5.41) is 18.4. The highest BCUT2D eigenvalue weighted by atomic mass is 35.5. The van der Waals surface area contributed by atoms with Crippen LogP contribution in [0.5, 0.6) is 5.75 Å². The molecule has 8 nitrogen and oxygen atoms in total. The summed E-state index contributed by atoms with van der Waals surface area (Å²) in [7, 11) is 1.40. The lowest BCUT2D eigenvalue weighted by molar-refractivity contribution is 0.0952. The van der Waals surface area contributed by atoms with Gasteiger partial charge < -0.3 is 15.0 Å². The van der Waals surface area contributed by atoms with Crippen molar-refractivity contribution in [1.29, 1.82) is 0 Å². The third-order valence-electron chi connectivity index (χ3n) is 5.45. The number of rotatable bonds is 4. The predicted octanol–water partition coefficient (Wildman–Crippen LogP) is 2.93. The maximum atomic E-state index is 12.1. The number of halogens is 2. The molecule has 0 aromatic carbocycles. The van der Waals surface area contributed by atoms with E-state index in [0.29, 0.717) is 22.2 Å². The van der Waals surface area contributed by atoms with Gasteiger partial charge in [0.2, 0.25) is 0 Å². The second kappa shape index (κ2) is 7.35. The van der Waals surface area contributed by atoms with Crippen LogP contribution in [-0.4, -0.2) is 37.4 Å². The Bertz CT molecular complexity index is 1160. The first-order valence-corrected chi connectivity index (χ1v) is 9.96. The lowest BCUT2D eigenvalue weighted by Gasteiger charge is -2.32. The molecule has 1 aliphatic carbocycles. The zero-order chi connectivity index (χ0) is 20.8. The standard InChI is InChI=1S/C19H19Cl2N5O3/c1-22-18(29)15-16(28)14(27)9-25(24-15)10-19(4-2-3-5-19)26-8-13(21)12-6-11(20)7-23-17(12)26/h6-9,27H,2-5,10H2,1H3,(H,22,29). The fourth-order valence-electron chi connectivity index (χ4n) is 4.09. The Morgan fingerprint density at radius 2 is 2.03 bits per heavy atom. The summed E-state index contributed by atoms with van der Waals surface area (Å²) in [4.78, 5) is 28.6. The van der Waals surface area contributed by atoms with E-state index in [2.05, 4.69) is 15.4 Å². The molecule has 1 aliphatic rings. The summed E-state index contributed by atoms with van der Waals surface area (Å²) in [5.74, 6) is -1.17. The number of nitrogens with zero attached hydrogens (tertiary/aromatic N) is 4. The minimum Gasteiger partial charge on any atom is -0.503 e. The Balaban J connectivity index is 1.83.